The Hall–Kier alpha value is -2.55. The van der Waals surface area contributed by atoms with E-state index in [9.17, 15) is 19.0 Å². The Morgan fingerprint density at radius 1 is 0.574 bits per heavy atom. The molecule has 0 aromatic rings. The summed E-state index contributed by atoms with van der Waals surface area (Å²) >= 11 is 0. The zero-order valence-corrected chi connectivity index (χ0v) is 34.8. The highest BCUT2D eigenvalue weighted by Crippen LogP contribution is 2.43. The molecule has 0 bridgehead atoms. The second-order valence-corrected chi connectivity index (χ2v) is 14.9. The first-order valence-corrected chi connectivity index (χ1v) is 22.4. The van der Waals surface area contributed by atoms with Crippen LogP contribution in [-0.4, -0.2) is 49.3 Å². The normalized spacial score (nSPS) is 14.1. The number of ether oxygens (including phenoxy) is 2. The lowest BCUT2D eigenvalue weighted by Crippen LogP contribution is -2.29. The maximum Gasteiger partial charge on any atom is 0.472 e. The van der Waals surface area contributed by atoms with Gasteiger partial charge in [0.15, 0.2) is 6.10 Å². The molecule has 2 atom stereocenters. The molecule has 0 aliphatic rings. The fourth-order valence-electron chi connectivity index (χ4n) is 5.25. The van der Waals surface area contributed by atoms with E-state index >= 15 is 0 Å². The van der Waals surface area contributed by atoms with Crippen LogP contribution in [-0.2, 0) is 32.7 Å². The summed E-state index contributed by atoms with van der Waals surface area (Å²) in [7, 11) is -4.39. The fraction of sp³-hybridized carbons (Fsp3) is 0.682. The summed E-state index contributed by atoms with van der Waals surface area (Å²) in [5.74, 6) is -0.912. The molecule has 0 aliphatic carbocycles. The minimum atomic E-state index is -4.39. The lowest BCUT2D eigenvalue weighted by atomic mass is 10.1. The number of allylic oxidation sites excluding steroid dienone is 12. The van der Waals surface area contributed by atoms with Crippen molar-refractivity contribution >= 4 is 19.8 Å². The minimum Gasteiger partial charge on any atom is -0.462 e. The van der Waals surface area contributed by atoms with Gasteiger partial charge in [-0.1, -0.05) is 145 Å². The first kappa shape index (κ1) is 51.5. The van der Waals surface area contributed by atoms with Crippen molar-refractivity contribution in [3.8, 4) is 0 Å². The minimum absolute atomic E-state index is 0.0412. The van der Waals surface area contributed by atoms with Gasteiger partial charge in [0.05, 0.1) is 13.2 Å². The maximum absolute atomic E-state index is 12.6. The van der Waals surface area contributed by atoms with Gasteiger partial charge in [-0.25, -0.2) is 4.57 Å². The van der Waals surface area contributed by atoms with Gasteiger partial charge >= 0.3 is 19.8 Å². The lowest BCUT2D eigenvalue weighted by molar-refractivity contribution is -0.161. The van der Waals surface area contributed by atoms with Crippen molar-refractivity contribution in [3.05, 3.63) is 72.9 Å². The second-order valence-electron chi connectivity index (χ2n) is 13.5. The van der Waals surface area contributed by atoms with Crippen LogP contribution in [0, 0.1) is 0 Å². The van der Waals surface area contributed by atoms with Crippen LogP contribution in [0.1, 0.15) is 162 Å². The molecule has 0 saturated carbocycles. The standard InChI is InChI=1S/C44H76NO8P/c1-3-5-7-9-11-13-15-17-19-21-23-24-26-28-30-32-34-36-43(46)50-40-42(41-52-54(48,49)51-39-38-45)53-44(47)37-35-33-31-29-27-25-22-20-18-16-14-12-10-8-6-4-2/h5,7,11,13,17,19-20,22-24,28,30,42H,3-4,6,8-10,12,14-16,18,21,25-27,29,31-41,45H2,1-2H3,(H,48,49)/b7-5-,13-11-,19-17-,22-20-,24-23-,30-28-/t42-/m1/s1. The van der Waals surface area contributed by atoms with Crippen molar-refractivity contribution in [2.24, 2.45) is 5.73 Å². The van der Waals surface area contributed by atoms with Crippen molar-refractivity contribution in [2.45, 2.75) is 168 Å². The van der Waals surface area contributed by atoms with E-state index in [4.69, 9.17) is 24.3 Å². The Kier molecular flexibility index (Phi) is 38.2. The molecule has 0 aliphatic heterocycles. The van der Waals surface area contributed by atoms with Crippen molar-refractivity contribution < 1.29 is 37.6 Å². The monoisotopic (exact) mass is 778 g/mol. The second kappa shape index (κ2) is 40.1. The molecule has 0 spiro atoms. The average molecular weight is 778 g/mol. The molecular formula is C44H76NO8P. The molecule has 10 heteroatoms. The molecule has 0 heterocycles. The van der Waals surface area contributed by atoms with E-state index in [1.54, 1.807) is 0 Å². The third-order valence-corrected chi connectivity index (χ3v) is 9.31. The van der Waals surface area contributed by atoms with Gasteiger partial charge in [-0.15, -0.1) is 0 Å². The topological polar surface area (TPSA) is 134 Å². The van der Waals surface area contributed by atoms with E-state index in [1.807, 2.05) is 6.08 Å². The first-order valence-electron chi connectivity index (χ1n) is 20.9. The Balaban J connectivity index is 4.30. The summed E-state index contributed by atoms with van der Waals surface area (Å²) in [4.78, 5) is 34.8. The number of nitrogens with two attached hydrogens (primary N) is 1. The van der Waals surface area contributed by atoms with E-state index < -0.39 is 32.5 Å². The highest BCUT2D eigenvalue weighted by atomic mass is 31.2. The Morgan fingerprint density at radius 2 is 1.04 bits per heavy atom. The van der Waals surface area contributed by atoms with E-state index in [2.05, 4.69) is 80.7 Å². The van der Waals surface area contributed by atoms with Gasteiger partial charge in [0.1, 0.15) is 6.61 Å². The van der Waals surface area contributed by atoms with Crippen LogP contribution >= 0.6 is 7.82 Å². The van der Waals surface area contributed by atoms with Gasteiger partial charge in [0.2, 0.25) is 0 Å². The van der Waals surface area contributed by atoms with Crippen LogP contribution in [0.5, 0.6) is 0 Å². The van der Waals surface area contributed by atoms with Crippen LogP contribution in [0.15, 0.2) is 72.9 Å². The third kappa shape index (κ3) is 39.2. The summed E-state index contributed by atoms with van der Waals surface area (Å²) in [6, 6.07) is 0. The lowest BCUT2D eigenvalue weighted by Gasteiger charge is -2.19. The molecule has 3 N–H and O–H groups in total. The molecule has 1 unspecified atom stereocenters. The highest BCUT2D eigenvalue weighted by molar-refractivity contribution is 7.47. The molecular weight excluding hydrogens is 701 g/mol. The molecule has 0 radical (unpaired) electrons. The fourth-order valence-corrected chi connectivity index (χ4v) is 6.02. The number of esters is 2. The number of carbonyl (C=O) groups excluding carboxylic acids is 2. The molecule has 9 nitrogen and oxygen atoms in total. The number of unbranched alkanes of at least 4 members (excludes halogenated alkanes) is 13. The van der Waals surface area contributed by atoms with Crippen molar-refractivity contribution in [3.63, 3.8) is 0 Å². The van der Waals surface area contributed by atoms with E-state index in [0.717, 1.165) is 70.6 Å². The molecule has 310 valence electrons. The number of rotatable bonds is 38. The van der Waals surface area contributed by atoms with Gasteiger partial charge in [0, 0.05) is 19.4 Å². The SMILES string of the molecule is CC/C=C\C/C=C\C/C=C\C/C=C\C/C=C\CCCC(=O)OC[C@H](COP(=O)(O)OCCN)OC(=O)CCCCCCC/C=C\CCCCCCCCC. The van der Waals surface area contributed by atoms with E-state index in [0.29, 0.717) is 12.8 Å². The largest absolute Gasteiger partial charge is 0.472 e. The molecule has 0 rings (SSSR count). The number of phosphoric acid groups is 1. The van der Waals surface area contributed by atoms with E-state index in [-0.39, 0.29) is 32.6 Å². The number of hydrogen-bond acceptors (Lipinski definition) is 8. The van der Waals surface area contributed by atoms with Gasteiger partial charge in [0.25, 0.3) is 0 Å². The predicted octanol–water partition coefficient (Wildman–Crippen LogP) is 11.9. The van der Waals surface area contributed by atoms with Crippen LogP contribution in [0.25, 0.3) is 0 Å². The molecule has 0 aromatic heterocycles. The number of hydrogen-bond donors (Lipinski definition) is 2. The molecule has 0 amide bonds. The number of phosphoric ester groups is 1. The van der Waals surface area contributed by atoms with Crippen LogP contribution in [0.2, 0.25) is 0 Å². The van der Waals surface area contributed by atoms with Crippen LogP contribution in [0.3, 0.4) is 0 Å². The highest BCUT2D eigenvalue weighted by Gasteiger charge is 2.25. The van der Waals surface area contributed by atoms with Gasteiger partial charge in [-0.2, -0.15) is 0 Å². The zero-order valence-electron chi connectivity index (χ0n) is 33.9. The number of carbonyl (C=O) groups is 2. The first-order chi connectivity index (χ1) is 26.3. The Morgan fingerprint density at radius 3 is 1.59 bits per heavy atom. The predicted molar refractivity (Wildman–Crippen MR) is 224 cm³/mol. The van der Waals surface area contributed by atoms with Crippen LogP contribution < -0.4 is 5.73 Å². The molecule has 54 heavy (non-hydrogen) atoms. The summed E-state index contributed by atoms with van der Waals surface area (Å²) in [5.41, 5.74) is 5.34. The summed E-state index contributed by atoms with van der Waals surface area (Å²) in [6.07, 6.45) is 47.9. The smallest absolute Gasteiger partial charge is 0.462 e. The molecule has 0 saturated heterocycles. The summed E-state index contributed by atoms with van der Waals surface area (Å²) < 4.78 is 32.7. The van der Waals surface area contributed by atoms with Crippen LogP contribution in [0.4, 0.5) is 0 Å². The Bertz CT molecular complexity index is 1110. The van der Waals surface area contributed by atoms with Gasteiger partial charge in [-0.3, -0.25) is 18.6 Å². The summed E-state index contributed by atoms with van der Waals surface area (Å²) in [5, 5.41) is 0. The zero-order chi connectivity index (χ0) is 39.6. The van der Waals surface area contributed by atoms with Crippen molar-refractivity contribution in [1.82, 2.24) is 0 Å². The maximum atomic E-state index is 12.6. The quantitative estimate of drug-likeness (QED) is 0.0272. The molecule has 0 fully saturated rings. The Labute approximate surface area is 329 Å². The van der Waals surface area contributed by atoms with Crippen molar-refractivity contribution in [1.29, 1.82) is 0 Å². The van der Waals surface area contributed by atoms with Gasteiger partial charge < -0.3 is 20.1 Å². The average Bonchev–Trinajstić information content (AvgIpc) is 3.16. The summed E-state index contributed by atoms with van der Waals surface area (Å²) in [6.45, 7) is 3.52. The van der Waals surface area contributed by atoms with Crippen molar-refractivity contribution in [2.75, 3.05) is 26.4 Å². The van der Waals surface area contributed by atoms with Gasteiger partial charge in [-0.05, 0) is 77.0 Å². The van der Waals surface area contributed by atoms with E-state index in [1.165, 1.54) is 51.4 Å². The third-order valence-electron chi connectivity index (χ3n) is 8.33. The molecule has 0 aromatic carbocycles.